The van der Waals surface area contributed by atoms with Gasteiger partial charge in [-0.25, -0.2) is 4.79 Å². The summed E-state index contributed by atoms with van der Waals surface area (Å²) in [5.74, 6) is 1.68. The molecule has 31 heavy (non-hydrogen) atoms. The number of nitrogens with one attached hydrogen (secondary N) is 3. The van der Waals surface area contributed by atoms with Gasteiger partial charge in [0.1, 0.15) is 11.5 Å². The van der Waals surface area contributed by atoms with E-state index in [4.69, 9.17) is 18.9 Å². The molecule has 3 amide bonds. The van der Waals surface area contributed by atoms with Crippen LogP contribution in [0.25, 0.3) is 0 Å². The molecule has 2 aromatic rings. The highest BCUT2D eigenvalue weighted by Crippen LogP contribution is 2.35. The van der Waals surface area contributed by atoms with Gasteiger partial charge in [0.2, 0.25) is 0 Å². The molecule has 1 aliphatic rings. The summed E-state index contributed by atoms with van der Waals surface area (Å²) in [5, 5.41) is 8.31. The first-order valence-electron chi connectivity index (χ1n) is 9.45. The van der Waals surface area contributed by atoms with E-state index in [1.54, 1.807) is 50.4 Å². The van der Waals surface area contributed by atoms with E-state index in [9.17, 15) is 9.59 Å². The molecule has 9 nitrogen and oxygen atoms in total. The van der Waals surface area contributed by atoms with Gasteiger partial charge in [0.15, 0.2) is 11.5 Å². The number of allylic oxidation sites excluding steroid dienone is 1. The summed E-state index contributed by atoms with van der Waals surface area (Å²) in [4.78, 5) is 25.4. The molecule has 0 bridgehead atoms. The van der Waals surface area contributed by atoms with Crippen molar-refractivity contribution in [3.05, 3.63) is 53.2 Å². The molecule has 0 spiro atoms. The van der Waals surface area contributed by atoms with E-state index < -0.39 is 18.0 Å². The number of ether oxygens (including phenoxy) is 4. The van der Waals surface area contributed by atoms with E-state index >= 15 is 0 Å². The highest BCUT2D eigenvalue weighted by atomic mass is 16.5. The summed E-state index contributed by atoms with van der Waals surface area (Å²) in [6.45, 7) is 1.67. The number of anilines is 1. The first-order chi connectivity index (χ1) is 14.9. The normalized spacial score (nSPS) is 15.5. The Morgan fingerprint density at radius 1 is 0.903 bits per heavy atom. The smallest absolute Gasteiger partial charge is 0.319 e. The van der Waals surface area contributed by atoms with Crippen LogP contribution in [-0.2, 0) is 4.79 Å². The van der Waals surface area contributed by atoms with E-state index in [1.165, 1.54) is 21.3 Å². The van der Waals surface area contributed by atoms with Crippen molar-refractivity contribution in [3.8, 4) is 23.0 Å². The molecular weight excluding hydrogens is 402 g/mol. The quantitative estimate of drug-likeness (QED) is 0.627. The molecule has 0 aliphatic carbocycles. The van der Waals surface area contributed by atoms with Gasteiger partial charge < -0.3 is 34.9 Å². The molecule has 0 radical (unpaired) electrons. The van der Waals surface area contributed by atoms with Gasteiger partial charge >= 0.3 is 6.03 Å². The lowest BCUT2D eigenvalue weighted by molar-refractivity contribution is -0.113. The standard InChI is InChI=1S/C22H25N3O6/c1-12-19(21(26)24-15-8-7-14(28-2)11-17(15)30-4)20(25-22(27)23-12)13-6-9-16(29-3)18(10-13)31-5/h6-11,20H,1-5H3,(H,24,26)(H2,23,25,27)/t20-/m0/s1. The Morgan fingerprint density at radius 2 is 1.61 bits per heavy atom. The SMILES string of the molecule is COc1ccc(NC(=O)C2=C(C)NC(=O)N[C@H]2c2ccc(OC)c(OC)c2)c(OC)c1. The number of benzene rings is 2. The Kier molecular flexibility index (Phi) is 6.54. The molecule has 0 saturated heterocycles. The maximum absolute atomic E-state index is 13.3. The first kappa shape index (κ1) is 21.8. The van der Waals surface area contributed by atoms with Crippen molar-refractivity contribution < 1.29 is 28.5 Å². The summed E-state index contributed by atoms with van der Waals surface area (Å²) < 4.78 is 21.2. The van der Waals surface area contributed by atoms with Crippen LogP contribution in [0.2, 0.25) is 0 Å². The predicted octanol–water partition coefficient (Wildman–Crippen LogP) is 2.99. The predicted molar refractivity (Wildman–Crippen MR) is 115 cm³/mol. The van der Waals surface area contributed by atoms with Crippen molar-refractivity contribution in [1.29, 1.82) is 0 Å². The topological polar surface area (TPSA) is 107 Å². The summed E-state index contributed by atoms with van der Waals surface area (Å²) >= 11 is 0. The minimum atomic E-state index is -0.696. The van der Waals surface area contributed by atoms with Crippen molar-refractivity contribution >= 4 is 17.6 Å². The van der Waals surface area contributed by atoms with Gasteiger partial charge in [0.05, 0.1) is 45.7 Å². The molecule has 2 aromatic carbocycles. The second kappa shape index (κ2) is 9.29. The van der Waals surface area contributed by atoms with Crippen molar-refractivity contribution in [2.75, 3.05) is 33.8 Å². The van der Waals surface area contributed by atoms with Crippen LogP contribution in [0.5, 0.6) is 23.0 Å². The van der Waals surface area contributed by atoms with E-state index in [-0.39, 0.29) is 0 Å². The zero-order valence-corrected chi connectivity index (χ0v) is 18.0. The first-order valence-corrected chi connectivity index (χ1v) is 9.45. The summed E-state index contributed by atoms with van der Waals surface area (Å²) in [6, 6.07) is 9.19. The second-order valence-electron chi connectivity index (χ2n) is 6.70. The van der Waals surface area contributed by atoms with E-state index in [0.29, 0.717) is 45.5 Å². The van der Waals surface area contributed by atoms with Crippen LogP contribution >= 0.6 is 0 Å². The van der Waals surface area contributed by atoms with Gasteiger partial charge in [-0.3, -0.25) is 4.79 Å². The van der Waals surface area contributed by atoms with Crippen LogP contribution in [-0.4, -0.2) is 40.4 Å². The minimum absolute atomic E-state index is 0.352. The van der Waals surface area contributed by atoms with Gasteiger partial charge in [-0.05, 0) is 36.8 Å². The molecule has 0 aromatic heterocycles. The summed E-state index contributed by atoms with van der Waals surface area (Å²) in [7, 11) is 6.11. The van der Waals surface area contributed by atoms with Crippen molar-refractivity contribution in [3.63, 3.8) is 0 Å². The Hall–Kier alpha value is -3.88. The number of methoxy groups -OCH3 is 4. The number of carbonyl (C=O) groups excluding carboxylic acids is 2. The van der Waals surface area contributed by atoms with Crippen LogP contribution < -0.4 is 34.9 Å². The number of urea groups is 1. The Morgan fingerprint density at radius 3 is 2.26 bits per heavy atom. The fraction of sp³-hybridized carbons (Fsp3) is 0.273. The molecule has 0 fully saturated rings. The third-order valence-electron chi connectivity index (χ3n) is 4.91. The van der Waals surface area contributed by atoms with E-state index in [2.05, 4.69) is 16.0 Å². The fourth-order valence-electron chi connectivity index (χ4n) is 3.37. The van der Waals surface area contributed by atoms with Crippen LogP contribution in [0.4, 0.5) is 10.5 Å². The lowest BCUT2D eigenvalue weighted by Gasteiger charge is -2.29. The average molecular weight is 427 g/mol. The summed E-state index contributed by atoms with van der Waals surface area (Å²) in [6.07, 6.45) is 0. The fourth-order valence-corrected chi connectivity index (χ4v) is 3.37. The Labute approximate surface area is 180 Å². The molecule has 1 atom stereocenters. The van der Waals surface area contributed by atoms with Gasteiger partial charge in [-0.1, -0.05) is 6.07 Å². The monoisotopic (exact) mass is 427 g/mol. The summed E-state index contributed by atoms with van der Waals surface area (Å²) in [5.41, 5.74) is 1.92. The molecule has 9 heteroatoms. The van der Waals surface area contributed by atoms with Crippen LogP contribution in [0.3, 0.4) is 0 Å². The van der Waals surface area contributed by atoms with Crippen molar-refractivity contribution in [2.45, 2.75) is 13.0 Å². The van der Waals surface area contributed by atoms with Gasteiger partial charge in [0, 0.05) is 11.8 Å². The minimum Gasteiger partial charge on any atom is -0.497 e. The van der Waals surface area contributed by atoms with Crippen LogP contribution in [0, 0.1) is 0 Å². The van der Waals surface area contributed by atoms with Crippen molar-refractivity contribution in [2.24, 2.45) is 0 Å². The zero-order chi connectivity index (χ0) is 22.5. The van der Waals surface area contributed by atoms with Crippen LogP contribution in [0.1, 0.15) is 18.5 Å². The van der Waals surface area contributed by atoms with E-state index in [1.807, 2.05) is 0 Å². The van der Waals surface area contributed by atoms with Gasteiger partial charge in [0.25, 0.3) is 5.91 Å². The number of hydrogen-bond acceptors (Lipinski definition) is 6. The molecule has 0 saturated carbocycles. The molecule has 0 unspecified atom stereocenters. The molecule has 3 N–H and O–H groups in total. The lowest BCUT2D eigenvalue weighted by Crippen LogP contribution is -2.46. The number of hydrogen-bond donors (Lipinski definition) is 3. The molecular formula is C22H25N3O6. The van der Waals surface area contributed by atoms with E-state index in [0.717, 1.165) is 0 Å². The average Bonchev–Trinajstić information content (AvgIpc) is 2.78. The third-order valence-corrected chi connectivity index (χ3v) is 4.91. The Bertz CT molecular complexity index is 1030. The third kappa shape index (κ3) is 4.50. The molecule has 164 valence electrons. The maximum Gasteiger partial charge on any atom is 0.319 e. The number of carbonyl (C=O) groups is 2. The second-order valence-corrected chi connectivity index (χ2v) is 6.70. The molecule has 1 heterocycles. The van der Waals surface area contributed by atoms with Crippen LogP contribution in [0.15, 0.2) is 47.7 Å². The molecule has 3 rings (SSSR count). The number of rotatable bonds is 7. The highest BCUT2D eigenvalue weighted by molar-refractivity contribution is 6.07. The number of amides is 3. The highest BCUT2D eigenvalue weighted by Gasteiger charge is 2.32. The largest absolute Gasteiger partial charge is 0.497 e. The maximum atomic E-state index is 13.3. The lowest BCUT2D eigenvalue weighted by atomic mass is 9.94. The van der Waals surface area contributed by atoms with Gasteiger partial charge in [-0.2, -0.15) is 0 Å². The Balaban J connectivity index is 1.98. The van der Waals surface area contributed by atoms with Crippen molar-refractivity contribution in [1.82, 2.24) is 10.6 Å². The molecule has 1 aliphatic heterocycles. The van der Waals surface area contributed by atoms with Gasteiger partial charge in [-0.15, -0.1) is 0 Å². The zero-order valence-electron chi connectivity index (χ0n) is 18.0.